The van der Waals surface area contributed by atoms with Crippen LogP contribution in [0.2, 0.25) is 0 Å². The quantitative estimate of drug-likeness (QED) is 0.801. The highest BCUT2D eigenvalue weighted by Crippen LogP contribution is 2.19. The predicted octanol–water partition coefficient (Wildman–Crippen LogP) is 0.0493. The smallest absolute Gasteiger partial charge is 0.243 e. The van der Waals surface area contributed by atoms with Crippen LogP contribution < -0.4 is 4.72 Å². The summed E-state index contributed by atoms with van der Waals surface area (Å²) in [5.74, 6) is 1.99. The molecule has 0 saturated carbocycles. The predicted molar refractivity (Wildman–Crippen MR) is 70.0 cm³/mol. The van der Waals surface area contributed by atoms with Crippen molar-refractivity contribution in [3.05, 3.63) is 12.4 Å². The van der Waals surface area contributed by atoms with Gasteiger partial charge in [0, 0.05) is 12.2 Å². The van der Waals surface area contributed by atoms with Gasteiger partial charge in [0.1, 0.15) is 4.90 Å². The number of aromatic nitrogens is 2. The summed E-state index contributed by atoms with van der Waals surface area (Å²) in [5.41, 5.74) is 0. The lowest BCUT2D eigenvalue weighted by molar-refractivity contribution is 0.269. The van der Waals surface area contributed by atoms with Gasteiger partial charge in [-0.15, -0.1) is 0 Å². The fourth-order valence-corrected chi connectivity index (χ4v) is 4.17. The Morgan fingerprint density at radius 2 is 2.22 bits per heavy atom. The van der Waals surface area contributed by atoms with Crippen LogP contribution in [-0.4, -0.2) is 47.5 Å². The molecular weight excluding hydrogens is 274 g/mol. The number of thioether (sulfide) groups is 1. The second-order valence-corrected chi connectivity index (χ2v) is 7.11. The maximum absolute atomic E-state index is 12.1. The zero-order valence-corrected chi connectivity index (χ0v) is 11.6. The molecule has 1 saturated heterocycles. The Balaban J connectivity index is 2.04. The first-order chi connectivity index (χ1) is 8.62. The molecule has 0 atom stereocenters. The Hall–Kier alpha value is -0.570. The minimum Gasteiger partial charge on any atom is -0.394 e. The third-order valence-electron chi connectivity index (χ3n) is 2.79. The number of hydrogen-bond acceptors (Lipinski definition) is 5. The number of nitrogens with one attached hydrogen (secondary N) is 1. The molecule has 1 aliphatic heterocycles. The van der Waals surface area contributed by atoms with E-state index in [0.717, 1.165) is 24.3 Å². The first-order valence-electron chi connectivity index (χ1n) is 5.85. The van der Waals surface area contributed by atoms with Crippen LogP contribution in [0.1, 0.15) is 12.8 Å². The van der Waals surface area contributed by atoms with Crippen molar-refractivity contribution in [2.75, 3.05) is 18.1 Å². The fraction of sp³-hybridized carbons (Fsp3) is 0.700. The molecule has 2 heterocycles. The number of rotatable bonds is 5. The summed E-state index contributed by atoms with van der Waals surface area (Å²) in [6, 6.07) is 0.0254. The lowest BCUT2D eigenvalue weighted by atomic mass is 10.2. The van der Waals surface area contributed by atoms with E-state index in [4.69, 9.17) is 5.11 Å². The highest BCUT2D eigenvalue weighted by Gasteiger charge is 2.23. The van der Waals surface area contributed by atoms with E-state index in [1.807, 2.05) is 11.8 Å². The molecule has 0 aliphatic carbocycles. The summed E-state index contributed by atoms with van der Waals surface area (Å²) in [6.07, 6.45) is 4.50. The van der Waals surface area contributed by atoms with Gasteiger partial charge in [-0.25, -0.2) is 13.1 Å². The summed E-state index contributed by atoms with van der Waals surface area (Å²) in [6.45, 7) is 0.240. The molecular formula is C10H17N3O3S2. The minimum absolute atomic E-state index is 0.0254. The van der Waals surface area contributed by atoms with Crippen molar-refractivity contribution in [3.8, 4) is 0 Å². The second-order valence-electron chi connectivity index (χ2n) is 4.17. The molecule has 0 bridgehead atoms. The summed E-state index contributed by atoms with van der Waals surface area (Å²) < 4.78 is 28.3. The third kappa shape index (κ3) is 3.47. The van der Waals surface area contributed by atoms with Crippen LogP contribution in [0, 0.1) is 0 Å². The monoisotopic (exact) mass is 291 g/mol. The number of sulfonamides is 1. The zero-order valence-electron chi connectivity index (χ0n) is 9.95. The molecule has 0 radical (unpaired) electrons. The van der Waals surface area contributed by atoms with E-state index in [0.29, 0.717) is 6.54 Å². The third-order valence-corrected chi connectivity index (χ3v) is 5.32. The van der Waals surface area contributed by atoms with Gasteiger partial charge in [-0.3, -0.25) is 4.68 Å². The van der Waals surface area contributed by atoms with E-state index < -0.39 is 10.0 Å². The van der Waals surface area contributed by atoms with Gasteiger partial charge < -0.3 is 5.11 Å². The van der Waals surface area contributed by atoms with Crippen LogP contribution in [0.15, 0.2) is 17.3 Å². The molecule has 1 aliphatic rings. The van der Waals surface area contributed by atoms with Gasteiger partial charge in [0.15, 0.2) is 0 Å². The van der Waals surface area contributed by atoms with Gasteiger partial charge in [-0.1, -0.05) is 0 Å². The first kappa shape index (κ1) is 13.9. The van der Waals surface area contributed by atoms with Gasteiger partial charge >= 0.3 is 0 Å². The summed E-state index contributed by atoms with van der Waals surface area (Å²) in [4.78, 5) is 0.161. The number of aliphatic hydroxyl groups excluding tert-OH is 1. The molecule has 8 heteroatoms. The molecule has 0 spiro atoms. The van der Waals surface area contributed by atoms with Gasteiger partial charge in [-0.05, 0) is 24.3 Å². The van der Waals surface area contributed by atoms with E-state index in [9.17, 15) is 8.42 Å². The lowest BCUT2D eigenvalue weighted by Crippen LogP contribution is -2.37. The average molecular weight is 291 g/mol. The maximum Gasteiger partial charge on any atom is 0.243 e. The van der Waals surface area contributed by atoms with Crippen molar-refractivity contribution in [3.63, 3.8) is 0 Å². The standard InChI is InChI=1S/C10H17N3O3S2/c14-4-3-13-8-10(7-11-13)18(15,16)12-9-1-5-17-6-2-9/h7-9,12,14H,1-6H2. The molecule has 0 aromatic carbocycles. The molecule has 18 heavy (non-hydrogen) atoms. The normalized spacial score (nSPS) is 18.1. The first-order valence-corrected chi connectivity index (χ1v) is 8.49. The second kappa shape index (κ2) is 6.05. The molecule has 2 N–H and O–H groups in total. The SMILES string of the molecule is O=S(=O)(NC1CCSCC1)c1cnn(CCO)c1. The summed E-state index contributed by atoms with van der Waals surface area (Å²) >= 11 is 1.85. The van der Waals surface area contributed by atoms with Crippen LogP contribution >= 0.6 is 11.8 Å². The molecule has 2 rings (SSSR count). The number of nitrogens with zero attached hydrogens (tertiary/aromatic N) is 2. The van der Waals surface area contributed by atoms with E-state index in [2.05, 4.69) is 9.82 Å². The van der Waals surface area contributed by atoms with Crippen LogP contribution in [0.4, 0.5) is 0 Å². The lowest BCUT2D eigenvalue weighted by Gasteiger charge is -2.21. The van der Waals surface area contributed by atoms with E-state index in [-0.39, 0.29) is 17.5 Å². The summed E-state index contributed by atoms with van der Waals surface area (Å²) in [7, 11) is -3.48. The minimum atomic E-state index is -3.48. The van der Waals surface area contributed by atoms with Crippen molar-refractivity contribution < 1.29 is 13.5 Å². The van der Waals surface area contributed by atoms with E-state index >= 15 is 0 Å². The van der Waals surface area contributed by atoms with Crippen molar-refractivity contribution in [1.82, 2.24) is 14.5 Å². The molecule has 6 nitrogen and oxygen atoms in total. The van der Waals surface area contributed by atoms with Crippen molar-refractivity contribution in [1.29, 1.82) is 0 Å². The van der Waals surface area contributed by atoms with Gasteiger partial charge in [-0.2, -0.15) is 16.9 Å². The Kier molecular flexibility index (Phi) is 4.66. The molecule has 1 aromatic rings. The van der Waals surface area contributed by atoms with Crippen LogP contribution in [0.3, 0.4) is 0 Å². The Bertz CT molecular complexity index is 480. The highest BCUT2D eigenvalue weighted by atomic mass is 32.2. The van der Waals surface area contributed by atoms with Gasteiger partial charge in [0.2, 0.25) is 10.0 Å². The molecule has 102 valence electrons. The number of hydrogen-bond donors (Lipinski definition) is 2. The topological polar surface area (TPSA) is 84.2 Å². The van der Waals surface area contributed by atoms with Crippen molar-refractivity contribution >= 4 is 21.8 Å². The molecule has 1 fully saturated rings. The molecule has 1 aromatic heterocycles. The molecule has 0 amide bonds. The summed E-state index contributed by atoms with van der Waals surface area (Å²) in [5, 5.41) is 12.7. The van der Waals surface area contributed by atoms with E-state index in [1.165, 1.54) is 17.1 Å². The fourth-order valence-electron chi connectivity index (χ4n) is 1.81. The van der Waals surface area contributed by atoms with Gasteiger partial charge in [0.05, 0.1) is 19.3 Å². The Morgan fingerprint density at radius 1 is 1.50 bits per heavy atom. The average Bonchev–Trinajstić information content (AvgIpc) is 2.80. The number of aliphatic hydroxyl groups is 1. The van der Waals surface area contributed by atoms with Crippen LogP contribution in [-0.2, 0) is 16.6 Å². The van der Waals surface area contributed by atoms with Crippen molar-refractivity contribution in [2.45, 2.75) is 30.3 Å². The Labute approximate surface area is 111 Å². The van der Waals surface area contributed by atoms with Gasteiger partial charge in [0.25, 0.3) is 0 Å². The maximum atomic E-state index is 12.1. The molecule has 0 unspecified atom stereocenters. The van der Waals surface area contributed by atoms with Crippen LogP contribution in [0.25, 0.3) is 0 Å². The van der Waals surface area contributed by atoms with E-state index in [1.54, 1.807) is 0 Å². The Morgan fingerprint density at radius 3 is 2.89 bits per heavy atom. The highest BCUT2D eigenvalue weighted by molar-refractivity contribution is 7.99. The largest absolute Gasteiger partial charge is 0.394 e. The zero-order chi connectivity index (χ0) is 13.0. The van der Waals surface area contributed by atoms with Crippen molar-refractivity contribution in [2.24, 2.45) is 0 Å². The van der Waals surface area contributed by atoms with Crippen LogP contribution in [0.5, 0.6) is 0 Å².